The predicted molar refractivity (Wildman–Crippen MR) is 128 cm³/mol. The molecule has 8 heteroatoms. The minimum Gasteiger partial charge on any atom is -0.379 e. The molecule has 3 heterocycles. The van der Waals surface area contributed by atoms with Crippen molar-refractivity contribution in [2.45, 2.75) is 6.42 Å². The lowest BCUT2D eigenvalue weighted by Crippen LogP contribution is -2.38. The molecule has 34 heavy (non-hydrogen) atoms. The number of hydrogen-bond donors (Lipinski definition) is 1. The van der Waals surface area contributed by atoms with E-state index in [1.165, 1.54) is 10.6 Å². The molecular weight excluding hydrogens is 433 g/mol. The highest BCUT2D eigenvalue weighted by atomic mass is 19.1. The largest absolute Gasteiger partial charge is 0.379 e. The van der Waals surface area contributed by atoms with Crippen LogP contribution < -0.4 is 5.32 Å². The number of carbonyl (C=O) groups excluding carboxylic acids is 1. The summed E-state index contributed by atoms with van der Waals surface area (Å²) in [6.45, 7) is 4.77. The first kappa shape index (κ1) is 22.2. The Morgan fingerprint density at radius 1 is 1.00 bits per heavy atom. The normalized spacial score (nSPS) is 14.4. The molecule has 1 N–H and O–H groups in total. The Morgan fingerprint density at radius 3 is 2.56 bits per heavy atom. The Labute approximate surface area is 197 Å². The third-order valence-electron chi connectivity index (χ3n) is 5.92. The molecule has 0 radical (unpaired) electrons. The van der Waals surface area contributed by atoms with Crippen molar-refractivity contribution in [3.63, 3.8) is 0 Å². The van der Waals surface area contributed by atoms with Crippen LogP contribution in [0.1, 0.15) is 16.9 Å². The van der Waals surface area contributed by atoms with Gasteiger partial charge in [-0.1, -0.05) is 42.5 Å². The van der Waals surface area contributed by atoms with E-state index in [4.69, 9.17) is 4.74 Å². The van der Waals surface area contributed by atoms with Gasteiger partial charge in [0.05, 0.1) is 24.6 Å². The maximum atomic E-state index is 14.5. The fourth-order valence-electron chi connectivity index (χ4n) is 4.11. The molecule has 7 nitrogen and oxygen atoms in total. The van der Waals surface area contributed by atoms with Gasteiger partial charge in [0.2, 0.25) is 0 Å². The first-order chi connectivity index (χ1) is 16.7. The van der Waals surface area contributed by atoms with Crippen molar-refractivity contribution in [3.05, 3.63) is 78.2 Å². The van der Waals surface area contributed by atoms with E-state index in [1.807, 2.05) is 36.4 Å². The van der Waals surface area contributed by atoms with Crippen LogP contribution in [0.5, 0.6) is 0 Å². The van der Waals surface area contributed by atoms with Crippen LogP contribution in [0.4, 0.5) is 4.39 Å². The first-order valence-corrected chi connectivity index (χ1v) is 11.5. The summed E-state index contributed by atoms with van der Waals surface area (Å²) in [5, 5.41) is 7.63. The third kappa shape index (κ3) is 4.83. The number of morpholine rings is 1. The predicted octanol–water partition coefficient (Wildman–Crippen LogP) is 3.65. The summed E-state index contributed by atoms with van der Waals surface area (Å²) >= 11 is 0. The fourth-order valence-corrected chi connectivity index (χ4v) is 4.11. The average Bonchev–Trinajstić information content (AvgIpc) is 3.32. The Balaban J connectivity index is 1.43. The van der Waals surface area contributed by atoms with Crippen LogP contribution in [0.15, 0.2) is 66.7 Å². The second kappa shape index (κ2) is 10.1. The second-order valence-electron chi connectivity index (χ2n) is 8.24. The van der Waals surface area contributed by atoms with Gasteiger partial charge in [-0.25, -0.2) is 13.9 Å². The molecule has 0 bridgehead atoms. The van der Waals surface area contributed by atoms with Crippen LogP contribution in [-0.4, -0.2) is 64.8 Å². The van der Waals surface area contributed by atoms with Crippen molar-refractivity contribution in [1.82, 2.24) is 24.8 Å². The monoisotopic (exact) mass is 459 g/mol. The van der Waals surface area contributed by atoms with E-state index >= 15 is 0 Å². The molecule has 1 amide bonds. The maximum Gasteiger partial charge on any atom is 0.270 e. The van der Waals surface area contributed by atoms with Gasteiger partial charge in [0.25, 0.3) is 5.91 Å². The molecule has 174 valence electrons. The summed E-state index contributed by atoms with van der Waals surface area (Å²) in [6.07, 6.45) is 0.828. The van der Waals surface area contributed by atoms with Crippen LogP contribution in [0.25, 0.3) is 28.2 Å². The molecule has 1 aliphatic heterocycles. The van der Waals surface area contributed by atoms with E-state index in [-0.39, 0.29) is 11.7 Å². The average molecular weight is 460 g/mol. The zero-order chi connectivity index (χ0) is 23.3. The zero-order valence-electron chi connectivity index (χ0n) is 18.8. The smallest absolute Gasteiger partial charge is 0.270 e. The lowest BCUT2D eigenvalue weighted by atomic mass is 10.1. The number of amides is 1. The summed E-state index contributed by atoms with van der Waals surface area (Å²) in [5.41, 5.74) is 3.14. The molecule has 0 saturated carbocycles. The van der Waals surface area contributed by atoms with Crippen molar-refractivity contribution < 1.29 is 13.9 Å². The van der Waals surface area contributed by atoms with Gasteiger partial charge < -0.3 is 10.1 Å². The minimum absolute atomic E-state index is 0.269. The highest BCUT2D eigenvalue weighted by Crippen LogP contribution is 2.25. The van der Waals surface area contributed by atoms with E-state index in [0.717, 1.165) is 44.8 Å². The first-order valence-electron chi connectivity index (χ1n) is 11.5. The zero-order valence-corrected chi connectivity index (χ0v) is 18.8. The van der Waals surface area contributed by atoms with Gasteiger partial charge in [-0.05, 0) is 31.2 Å². The summed E-state index contributed by atoms with van der Waals surface area (Å²) < 4.78 is 21.4. The highest BCUT2D eigenvalue weighted by Gasteiger charge is 2.18. The van der Waals surface area contributed by atoms with E-state index in [2.05, 4.69) is 20.3 Å². The summed E-state index contributed by atoms with van der Waals surface area (Å²) in [5.74, 6) is -0.659. The SMILES string of the molecule is O=C(NCCCN1CCOCC1)c1cc(-c2ccccc2F)nc2cc(-c3ccccc3)nn12. The Morgan fingerprint density at radius 2 is 1.76 bits per heavy atom. The van der Waals surface area contributed by atoms with Gasteiger partial charge in [-0.2, -0.15) is 5.10 Å². The van der Waals surface area contributed by atoms with Gasteiger partial charge in [-0.3, -0.25) is 9.69 Å². The van der Waals surface area contributed by atoms with Crippen LogP contribution in [-0.2, 0) is 4.74 Å². The number of carbonyl (C=O) groups is 1. The molecule has 0 spiro atoms. The topological polar surface area (TPSA) is 71.8 Å². The maximum absolute atomic E-state index is 14.5. The number of hydrogen-bond acceptors (Lipinski definition) is 5. The van der Waals surface area contributed by atoms with Crippen LogP contribution in [0.3, 0.4) is 0 Å². The Bertz CT molecular complexity index is 1290. The molecule has 4 aromatic rings. The molecule has 2 aromatic heterocycles. The van der Waals surface area contributed by atoms with Crippen molar-refractivity contribution in [2.75, 3.05) is 39.4 Å². The van der Waals surface area contributed by atoms with Gasteiger partial charge in [-0.15, -0.1) is 0 Å². The molecule has 1 fully saturated rings. The van der Waals surface area contributed by atoms with Crippen molar-refractivity contribution in [2.24, 2.45) is 0 Å². The number of ether oxygens (including phenoxy) is 1. The molecule has 5 rings (SSSR count). The van der Waals surface area contributed by atoms with E-state index < -0.39 is 0 Å². The highest BCUT2D eigenvalue weighted by molar-refractivity contribution is 5.94. The number of nitrogens with zero attached hydrogens (tertiary/aromatic N) is 4. The summed E-state index contributed by atoms with van der Waals surface area (Å²) in [6, 6.07) is 19.5. The Hall–Kier alpha value is -3.62. The minimum atomic E-state index is -0.390. The van der Waals surface area contributed by atoms with Crippen molar-refractivity contribution in [3.8, 4) is 22.5 Å². The quantitative estimate of drug-likeness (QED) is 0.427. The van der Waals surface area contributed by atoms with Gasteiger partial charge in [0.15, 0.2) is 5.65 Å². The number of benzene rings is 2. The molecular formula is C26H26FN5O2. The third-order valence-corrected chi connectivity index (χ3v) is 5.92. The van der Waals surface area contributed by atoms with Crippen LogP contribution >= 0.6 is 0 Å². The standard InChI is InChI=1S/C26H26FN5O2/c27-21-10-5-4-9-20(21)23-17-24(26(33)28-11-6-12-31-13-15-34-16-14-31)32-25(29-23)18-22(30-32)19-7-2-1-3-8-19/h1-5,7-10,17-18H,6,11-16H2,(H,28,33). The lowest BCUT2D eigenvalue weighted by molar-refractivity contribution is 0.0374. The number of aromatic nitrogens is 3. The molecule has 1 saturated heterocycles. The van der Waals surface area contributed by atoms with Crippen LogP contribution in [0, 0.1) is 5.82 Å². The van der Waals surface area contributed by atoms with Crippen LogP contribution in [0.2, 0.25) is 0 Å². The molecule has 0 atom stereocenters. The van der Waals surface area contributed by atoms with Gasteiger partial charge in [0.1, 0.15) is 11.5 Å². The number of rotatable bonds is 7. The number of halogens is 1. The fraction of sp³-hybridized carbons (Fsp3) is 0.269. The van der Waals surface area contributed by atoms with E-state index in [9.17, 15) is 9.18 Å². The van der Waals surface area contributed by atoms with Gasteiger partial charge in [0, 0.05) is 36.8 Å². The number of fused-ring (bicyclic) bond motifs is 1. The molecule has 0 unspecified atom stereocenters. The van der Waals surface area contributed by atoms with E-state index in [0.29, 0.717) is 34.8 Å². The van der Waals surface area contributed by atoms with Crippen molar-refractivity contribution in [1.29, 1.82) is 0 Å². The number of nitrogens with one attached hydrogen (secondary N) is 1. The summed E-state index contributed by atoms with van der Waals surface area (Å²) in [4.78, 5) is 20.1. The van der Waals surface area contributed by atoms with Gasteiger partial charge >= 0.3 is 0 Å². The Kier molecular flexibility index (Phi) is 6.60. The lowest BCUT2D eigenvalue weighted by Gasteiger charge is -2.26. The molecule has 1 aliphatic rings. The summed E-state index contributed by atoms with van der Waals surface area (Å²) in [7, 11) is 0. The second-order valence-corrected chi connectivity index (χ2v) is 8.24. The molecule has 0 aliphatic carbocycles. The van der Waals surface area contributed by atoms with Crippen molar-refractivity contribution >= 4 is 11.6 Å². The van der Waals surface area contributed by atoms with E-state index in [1.54, 1.807) is 24.3 Å². The molecule has 2 aromatic carbocycles.